The van der Waals surface area contributed by atoms with Crippen molar-refractivity contribution in [3.63, 3.8) is 0 Å². The quantitative estimate of drug-likeness (QED) is 0.842. The van der Waals surface area contributed by atoms with Crippen LogP contribution in [0, 0.1) is 5.92 Å². The van der Waals surface area contributed by atoms with Crippen molar-refractivity contribution in [1.82, 2.24) is 4.37 Å². The molecular weight excluding hydrogens is 208 g/mol. The van der Waals surface area contributed by atoms with E-state index in [0.717, 1.165) is 18.7 Å². The van der Waals surface area contributed by atoms with E-state index >= 15 is 0 Å². The minimum Gasteiger partial charge on any atom is -0.480 e. The van der Waals surface area contributed by atoms with Crippen LogP contribution < -0.4 is 10.5 Å². The lowest BCUT2D eigenvalue weighted by Gasteiger charge is -2.32. The molecule has 0 amide bonds. The van der Waals surface area contributed by atoms with E-state index in [4.69, 9.17) is 10.5 Å². The van der Waals surface area contributed by atoms with Gasteiger partial charge < -0.3 is 10.5 Å². The van der Waals surface area contributed by atoms with E-state index in [-0.39, 0.29) is 0 Å². The average molecular weight is 226 g/mol. The Hall–Kier alpha value is -0.610. The van der Waals surface area contributed by atoms with Gasteiger partial charge in [-0.3, -0.25) is 0 Å². The molecule has 0 saturated heterocycles. The van der Waals surface area contributed by atoms with Crippen molar-refractivity contribution >= 4 is 11.5 Å². The highest BCUT2D eigenvalue weighted by Gasteiger charge is 2.30. The Morgan fingerprint density at radius 1 is 1.53 bits per heavy atom. The molecule has 1 aliphatic carbocycles. The predicted octanol–water partition coefficient (Wildman–Crippen LogP) is 2.38. The van der Waals surface area contributed by atoms with E-state index in [1.165, 1.54) is 23.5 Å². The van der Waals surface area contributed by atoms with E-state index in [9.17, 15) is 0 Å². The highest BCUT2D eigenvalue weighted by Crippen LogP contribution is 2.41. The molecule has 15 heavy (non-hydrogen) atoms. The Morgan fingerprint density at radius 3 is 3.07 bits per heavy atom. The molecule has 0 bridgehead atoms. The van der Waals surface area contributed by atoms with E-state index in [1.807, 2.05) is 0 Å². The second kappa shape index (κ2) is 4.49. The molecule has 84 valence electrons. The molecule has 1 heterocycles. The van der Waals surface area contributed by atoms with Crippen molar-refractivity contribution in [3.8, 4) is 5.88 Å². The van der Waals surface area contributed by atoms with Gasteiger partial charge in [-0.1, -0.05) is 6.92 Å². The van der Waals surface area contributed by atoms with Crippen molar-refractivity contribution in [2.24, 2.45) is 11.7 Å². The van der Waals surface area contributed by atoms with Crippen molar-refractivity contribution in [3.05, 3.63) is 10.9 Å². The second-order valence-corrected chi connectivity index (χ2v) is 5.07. The van der Waals surface area contributed by atoms with Crippen LogP contribution in [0.15, 0.2) is 5.38 Å². The fraction of sp³-hybridized carbons (Fsp3) is 0.727. The first-order valence-electron chi connectivity index (χ1n) is 5.46. The first-order valence-corrected chi connectivity index (χ1v) is 6.30. The molecule has 2 N–H and O–H groups in total. The summed E-state index contributed by atoms with van der Waals surface area (Å²) < 4.78 is 9.53. The van der Waals surface area contributed by atoms with Gasteiger partial charge in [0.1, 0.15) is 0 Å². The third-order valence-electron chi connectivity index (χ3n) is 3.39. The van der Waals surface area contributed by atoms with Crippen LogP contribution in [0.5, 0.6) is 5.88 Å². The van der Waals surface area contributed by atoms with Gasteiger partial charge in [-0.05, 0) is 42.6 Å². The van der Waals surface area contributed by atoms with Crippen molar-refractivity contribution in [1.29, 1.82) is 0 Å². The molecule has 1 aromatic rings. The van der Waals surface area contributed by atoms with Crippen molar-refractivity contribution in [2.75, 3.05) is 7.11 Å². The zero-order valence-electron chi connectivity index (χ0n) is 9.27. The van der Waals surface area contributed by atoms with Crippen LogP contribution in [0.2, 0.25) is 0 Å². The highest BCUT2D eigenvalue weighted by atomic mass is 32.1. The van der Waals surface area contributed by atoms with Gasteiger partial charge in [0.2, 0.25) is 5.88 Å². The molecule has 0 aromatic carbocycles. The molecule has 0 radical (unpaired) electrons. The van der Waals surface area contributed by atoms with Crippen LogP contribution >= 0.6 is 11.5 Å². The van der Waals surface area contributed by atoms with Gasteiger partial charge in [-0.15, -0.1) is 0 Å². The Balaban J connectivity index is 2.20. The van der Waals surface area contributed by atoms with Gasteiger partial charge in [-0.25, -0.2) is 0 Å². The standard InChI is InChI=1S/C11H18N2OS/c1-7-3-4-8(12)5-9(7)10-6-15-13-11(10)14-2/h6-9H,3-5,12H2,1-2H3. The molecule has 0 aliphatic heterocycles. The number of aromatic nitrogens is 1. The summed E-state index contributed by atoms with van der Waals surface area (Å²) >= 11 is 1.47. The molecule has 1 aliphatic rings. The summed E-state index contributed by atoms with van der Waals surface area (Å²) in [7, 11) is 1.69. The van der Waals surface area contributed by atoms with Crippen molar-refractivity contribution < 1.29 is 4.74 Å². The Labute approximate surface area is 94.8 Å². The smallest absolute Gasteiger partial charge is 0.228 e. The van der Waals surface area contributed by atoms with Crippen LogP contribution in [0.4, 0.5) is 0 Å². The number of hydrogen-bond acceptors (Lipinski definition) is 4. The summed E-state index contributed by atoms with van der Waals surface area (Å²) in [5.41, 5.74) is 7.28. The maximum absolute atomic E-state index is 6.03. The zero-order chi connectivity index (χ0) is 10.8. The van der Waals surface area contributed by atoms with Crippen molar-refractivity contribution in [2.45, 2.75) is 38.1 Å². The second-order valence-electron chi connectivity index (χ2n) is 4.44. The van der Waals surface area contributed by atoms with Gasteiger partial charge in [0, 0.05) is 17.0 Å². The molecule has 3 nitrogen and oxygen atoms in total. The Morgan fingerprint density at radius 2 is 2.33 bits per heavy atom. The molecular formula is C11H18N2OS. The van der Waals surface area contributed by atoms with Crippen LogP contribution in [-0.2, 0) is 0 Å². The molecule has 1 fully saturated rings. The molecule has 1 aromatic heterocycles. The summed E-state index contributed by atoms with van der Waals surface area (Å²) in [6, 6.07) is 0.343. The summed E-state index contributed by atoms with van der Waals surface area (Å²) in [6.45, 7) is 2.30. The maximum atomic E-state index is 6.03. The third-order valence-corrected chi connectivity index (χ3v) is 4.02. The van der Waals surface area contributed by atoms with Gasteiger partial charge in [0.25, 0.3) is 0 Å². The number of hydrogen-bond donors (Lipinski definition) is 1. The summed E-state index contributed by atoms with van der Waals surface area (Å²) in [5.74, 6) is 2.02. The molecule has 3 unspecified atom stereocenters. The first kappa shape index (κ1) is 10.9. The predicted molar refractivity (Wildman–Crippen MR) is 62.4 cm³/mol. The number of methoxy groups -OCH3 is 1. The van der Waals surface area contributed by atoms with E-state index in [0.29, 0.717) is 17.9 Å². The largest absolute Gasteiger partial charge is 0.480 e. The topological polar surface area (TPSA) is 48.1 Å². The number of rotatable bonds is 2. The van der Waals surface area contributed by atoms with E-state index in [2.05, 4.69) is 16.7 Å². The monoisotopic (exact) mass is 226 g/mol. The molecule has 0 spiro atoms. The minimum atomic E-state index is 0.343. The fourth-order valence-electron chi connectivity index (χ4n) is 2.42. The first-order chi connectivity index (χ1) is 7.22. The minimum absolute atomic E-state index is 0.343. The number of nitrogens with two attached hydrogens (primary N) is 1. The van der Waals surface area contributed by atoms with E-state index < -0.39 is 0 Å². The highest BCUT2D eigenvalue weighted by molar-refractivity contribution is 7.03. The molecule has 4 heteroatoms. The van der Waals surface area contributed by atoms with Crippen LogP contribution in [-0.4, -0.2) is 17.5 Å². The molecule has 2 rings (SSSR count). The normalized spacial score (nSPS) is 31.5. The zero-order valence-corrected chi connectivity index (χ0v) is 10.1. The number of ether oxygens (including phenoxy) is 1. The van der Waals surface area contributed by atoms with Crippen LogP contribution in [0.1, 0.15) is 37.7 Å². The summed E-state index contributed by atoms with van der Waals surface area (Å²) in [4.78, 5) is 0. The maximum Gasteiger partial charge on any atom is 0.228 e. The SMILES string of the molecule is COc1nscc1C1CC(N)CCC1C. The molecule has 1 saturated carbocycles. The Bertz CT molecular complexity index is 326. The van der Waals surface area contributed by atoms with Crippen LogP contribution in [0.25, 0.3) is 0 Å². The summed E-state index contributed by atoms with van der Waals surface area (Å²) in [6.07, 6.45) is 3.43. The third kappa shape index (κ3) is 2.16. The lowest BCUT2D eigenvalue weighted by molar-refractivity contribution is 0.291. The van der Waals surface area contributed by atoms with Gasteiger partial charge in [0.05, 0.1) is 7.11 Å². The summed E-state index contributed by atoms with van der Waals surface area (Å²) in [5, 5.41) is 2.11. The number of nitrogens with zero attached hydrogens (tertiary/aromatic N) is 1. The fourth-order valence-corrected chi connectivity index (χ4v) is 3.14. The van der Waals surface area contributed by atoms with Gasteiger partial charge in [-0.2, -0.15) is 4.37 Å². The Kier molecular flexibility index (Phi) is 3.26. The van der Waals surface area contributed by atoms with Gasteiger partial charge in [0.15, 0.2) is 0 Å². The van der Waals surface area contributed by atoms with Gasteiger partial charge >= 0.3 is 0 Å². The average Bonchev–Trinajstić information content (AvgIpc) is 2.69. The van der Waals surface area contributed by atoms with E-state index in [1.54, 1.807) is 7.11 Å². The molecule has 3 atom stereocenters. The lowest BCUT2D eigenvalue weighted by atomic mass is 9.75. The lowest BCUT2D eigenvalue weighted by Crippen LogP contribution is -2.31. The van der Waals surface area contributed by atoms with Crippen LogP contribution in [0.3, 0.4) is 0 Å².